The zero-order valence-corrected chi connectivity index (χ0v) is 9.09. The predicted octanol–water partition coefficient (Wildman–Crippen LogP) is 1.37. The lowest BCUT2D eigenvalue weighted by molar-refractivity contribution is -0.130. The van der Waals surface area contributed by atoms with Crippen molar-refractivity contribution in [2.45, 2.75) is 6.10 Å². The number of carboxylic acids is 1. The van der Waals surface area contributed by atoms with Crippen molar-refractivity contribution < 1.29 is 19.7 Å². The highest BCUT2D eigenvalue weighted by Gasteiger charge is 2.03. The van der Waals surface area contributed by atoms with Crippen LogP contribution in [0.15, 0.2) is 36.9 Å². The van der Waals surface area contributed by atoms with Gasteiger partial charge in [0.15, 0.2) is 0 Å². The summed E-state index contributed by atoms with van der Waals surface area (Å²) in [6.45, 7) is 3.93. The van der Waals surface area contributed by atoms with Gasteiger partial charge in [-0.2, -0.15) is 0 Å². The molecule has 88 valence electrons. The van der Waals surface area contributed by atoms with Crippen LogP contribution >= 0.6 is 0 Å². The third-order valence-electron chi connectivity index (χ3n) is 1.88. The van der Waals surface area contributed by atoms with Crippen molar-refractivity contribution in [3.8, 4) is 17.6 Å². The van der Waals surface area contributed by atoms with E-state index in [1.54, 1.807) is 30.3 Å². The molecule has 0 fully saturated rings. The fourth-order valence-electron chi connectivity index (χ4n) is 1.11. The molecule has 0 aliphatic carbocycles. The largest absolute Gasteiger partial charge is 0.490 e. The van der Waals surface area contributed by atoms with Crippen molar-refractivity contribution in [1.29, 1.82) is 0 Å². The minimum Gasteiger partial charge on any atom is -0.490 e. The van der Waals surface area contributed by atoms with Crippen LogP contribution in [0, 0.1) is 11.8 Å². The van der Waals surface area contributed by atoms with Gasteiger partial charge in [0, 0.05) is 5.92 Å². The van der Waals surface area contributed by atoms with Crippen LogP contribution in [-0.2, 0) is 4.79 Å². The first-order valence-electron chi connectivity index (χ1n) is 4.89. The molecule has 2 N–H and O–H groups in total. The van der Waals surface area contributed by atoms with Crippen LogP contribution in [-0.4, -0.2) is 22.8 Å². The molecule has 0 aliphatic rings. The lowest BCUT2D eigenvalue weighted by Crippen LogP contribution is -1.97. The summed E-state index contributed by atoms with van der Waals surface area (Å²) in [5, 5.41) is 17.9. The van der Waals surface area contributed by atoms with Gasteiger partial charge in [-0.15, -0.1) is 0 Å². The van der Waals surface area contributed by atoms with E-state index in [9.17, 15) is 9.90 Å². The molecule has 17 heavy (non-hydrogen) atoms. The van der Waals surface area contributed by atoms with E-state index in [1.807, 2.05) is 5.92 Å². The van der Waals surface area contributed by atoms with Gasteiger partial charge in [-0.05, 0) is 17.7 Å². The fraction of sp³-hybridized carbons (Fsp3) is 0.154. The average molecular weight is 232 g/mol. The highest BCUT2D eigenvalue weighted by Crippen LogP contribution is 2.17. The van der Waals surface area contributed by atoms with Crippen LogP contribution in [0.3, 0.4) is 0 Å². The molecule has 0 radical (unpaired) electrons. The standard InChI is InChI=1S/C13H12O4/c1-2-9-17-11-5-3-10(4-6-11)12(14)7-8-13(15)16/h2-6,12,14H,1,9H2,(H,15,16). The van der Waals surface area contributed by atoms with Crippen LogP contribution in [0.2, 0.25) is 0 Å². The van der Waals surface area contributed by atoms with Crippen LogP contribution in [0.1, 0.15) is 11.7 Å². The van der Waals surface area contributed by atoms with Crippen LogP contribution in [0.5, 0.6) is 5.75 Å². The van der Waals surface area contributed by atoms with Crippen LogP contribution in [0.25, 0.3) is 0 Å². The van der Waals surface area contributed by atoms with Gasteiger partial charge in [0.1, 0.15) is 18.5 Å². The van der Waals surface area contributed by atoms with E-state index >= 15 is 0 Å². The number of hydrogen-bond donors (Lipinski definition) is 2. The molecule has 0 bridgehead atoms. The second kappa shape index (κ2) is 6.36. The molecule has 0 heterocycles. The minimum absolute atomic E-state index is 0.403. The molecule has 1 rings (SSSR count). The summed E-state index contributed by atoms with van der Waals surface area (Å²) in [6, 6.07) is 6.59. The molecule has 0 aliphatic heterocycles. The molecule has 4 nitrogen and oxygen atoms in total. The van der Waals surface area contributed by atoms with Gasteiger partial charge in [0.05, 0.1) is 0 Å². The molecule has 0 aromatic heterocycles. The van der Waals surface area contributed by atoms with Crippen LogP contribution < -0.4 is 4.74 Å². The van der Waals surface area contributed by atoms with E-state index in [-0.39, 0.29) is 0 Å². The number of benzene rings is 1. The SMILES string of the molecule is C=CCOc1ccc(C(O)C#CC(=O)O)cc1. The normalized spacial score (nSPS) is 10.9. The molecule has 4 heteroatoms. The van der Waals surface area contributed by atoms with Crippen LogP contribution in [0.4, 0.5) is 0 Å². The maximum atomic E-state index is 10.2. The van der Waals surface area contributed by atoms with E-state index in [0.29, 0.717) is 17.9 Å². The van der Waals surface area contributed by atoms with Gasteiger partial charge in [-0.1, -0.05) is 30.7 Å². The number of aliphatic hydroxyl groups excluding tert-OH is 1. The maximum absolute atomic E-state index is 10.2. The number of ether oxygens (including phenoxy) is 1. The summed E-state index contributed by atoms with van der Waals surface area (Å²) in [6.07, 6.45) is 0.515. The molecule has 0 saturated heterocycles. The van der Waals surface area contributed by atoms with Gasteiger partial charge in [-0.3, -0.25) is 0 Å². The molecule has 0 saturated carbocycles. The molecule has 0 spiro atoms. The number of carbonyl (C=O) groups is 1. The second-order valence-corrected chi connectivity index (χ2v) is 3.15. The molecule has 0 amide bonds. The highest BCUT2D eigenvalue weighted by molar-refractivity contribution is 5.86. The smallest absolute Gasteiger partial charge is 0.382 e. The van der Waals surface area contributed by atoms with Gasteiger partial charge in [-0.25, -0.2) is 4.79 Å². The fourth-order valence-corrected chi connectivity index (χ4v) is 1.11. The molecular formula is C13H12O4. The summed E-state index contributed by atoms with van der Waals surface area (Å²) >= 11 is 0. The van der Waals surface area contributed by atoms with E-state index in [2.05, 4.69) is 12.5 Å². The third kappa shape index (κ3) is 4.41. The highest BCUT2D eigenvalue weighted by atomic mass is 16.5. The van der Waals surface area contributed by atoms with E-state index in [0.717, 1.165) is 0 Å². The molecule has 1 unspecified atom stereocenters. The minimum atomic E-state index is -1.27. The van der Waals surface area contributed by atoms with E-state index in [4.69, 9.17) is 9.84 Å². The number of aliphatic carboxylic acids is 1. The lowest BCUT2D eigenvalue weighted by atomic mass is 10.1. The number of aliphatic hydroxyl groups is 1. The summed E-state index contributed by atoms with van der Waals surface area (Å²) in [4.78, 5) is 10.2. The number of rotatable bonds is 4. The second-order valence-electron chi connectivity index (χ2n) is 3.15. The Balaban J connectivity index is 2.70. The maximum Gasteiger partial charge on any atom is 0.382 e. The van der Waals surface area contributed by atoms with E-state index in [1.165, 1.54) is 0 Å². The quantitative estimate of drug-likeness (QED) is 0.607. The molecular weight excluding hydrogens is 220 g/mol. The Hall–Kier alpha value is -2.25. The van der Waals surface area contributed by atoms with Crippen molar-refractivity contribution in [2.24, 2.45) is 0 Å². The zero-order chi connectivity index (χ0) is 12.7. The van der Waals surface area contributed by atoms with Gasteiger partial charge in [0.25, 0.3) is 0 Å². The third-order valence-corrected chi connectivity index (χ3v) is 1.88. The predicted molar refractivity (Wildman–Crippen MR) is 62.5 cm³/mol. The Kier molecular flexibility index (Phi) is 4.79. The van der Waals surface area contributed by atoms with Crippen molar-refractivity contribution in [3.05, 3.63) is 42.5 Å². The zero-order valence-electron chi connectivity index (χ0n) is 9.09. The molecule has 1 atom stereocenters. The Morgan fingerprint density at radius 1 is 1.47 bits per heavy atom. The Morgan fingerprint density at radius 2 is 2.12 bits per heavy atom. The summed E-state index contributed by atoms with van der Waals surface area (Å²) in [7, 11) is 0. The first-order chi connectivity index (χ1) is 8.13. The summed E-state index contributed by atoms with van der Waals surface area (Å²) in [5.74, 6) is 3.45. The van der Waals surface area contributed by atoms with Crippen molar-refractivity contribution in [1.82, 2.24) is 0 Å². The van der Waals surface area contributed by atoms with Gasteiger partial charge in [0.2, 0.25) is 0 Å². The van der Waals surface area contributed by atoms with Crippen molar-refractivity contribution in [2.75, 3.05) is 6.61 Å². The van der Waals surface area contributed by atoms with Crippen molar-refractivity contribution in [3.63, 3.8) is 0 Å². The number of carboxylic acid groups (broad SMARTS) is 1. The van der Waals surface area contributed by atoms with Gasteiger partial charge >= 0.3 is 5.97 Å². The summed E-state index contributed by atoms with van der Waals surface area (Å²) in [5.41, 5.74) is 0.518. The average Bonchev–Trinajstić information content (AvgIpc) is 2.34. The van der Waals surface area contributed by atoms with Gasteiger partial charge < -0.3 is 14.9 Å². The Morgan fingerprint density at radius 3 is 2.65 bits per heavy atom. The monoisotopic (exact) mass is 232 g/mol. The lowest BCUT2D eigenvalue weighted by Gasteiger charge is -2.06. The first-order valence-corrected chi connectivity index (χ1v) is 4.89. The van der Waals surface area contributed by atoms with Crippen molar-refractivity contribution >= 4 is 5.97 Å². The molecule has 1 aromatic rings. The molecule has 1 aromatic carbocycles. The Bertz CT molecular complexity index is 451. The first kappa shape index (κ1) is 12.8. The Labute approximate surface area is 99.2 Å². The summed E-state index contributed by atoms with van der Waals surface area (Å²) < 4.78 is 5.26. The van der Waals surface area contributed by atoms with E-state index < -0.39 is 12.1 Å². The number of hydrogen-bond acceptors (Lipinski definition) is 3. The topological polar surface area (TPSA) is 66.8 Å².